The van der Waals surface area contributed by atoms with E-state index in [1.165, 1.54) is 38.3 Å². The van der Waals surface area contributed by atoms with E-state index in [-0.39, 0.29) is 0 Å². The van der Waals surface area contributed by atoms with E-state index in [0.29, 0.717) is 0 Å². The highest BCUT2D eigenvalue weighted by Gasteiger charge is 2.17. The van der Waals surface area contributed by atoms with Crippen LogP contribution in [0.25, 0.3) is 11.1 Å². The Balaban J connectivity index is 1.80. The van der Waals surface area contributed by atoms with Crippen LogP contribution in [0.2, 0.25) is 5.02 Å². The van der Waals surface area contributed by atoms with E-state index in [1.807, 2.05) is 6.07 Å². The predicted octanol–water partition coefficient (Wildman–Crippen LogP) is 7.65. The van der Waals surface area contributed by atoms with Gasteiger partial charge in [-0.2, -0.15) is 0 Å². The van der Waals surface area contributed by atoms with Gasteiger partial charge < -0.3 is 0 Å². The molecule has 5 rings (SSSR count). The third-order valence-corrected chi connectivity index (χ3v) is 7.05. The van der Waals surface area contributed by atoms with Crippen molar-refractivity contribution in [3.8, 4) is 11.1 Å². The lowest BCUT2D eigenvalue weighted by molar-refractivity contribution is 1.13. The molecule has 0 N–H and O–H groups in total. The molecule has 136 valence electrons. The summed E-state index contributed by atoms with van der Waals surface area (Å²) >= 11 is 8.46. The lowest BCUT2D eigenvalue weighted by Crippen LogP contribution is -1.96. The summed E-state index contributed by atoms with van der Waals surface area (Å²) in [5, 5.41) is 0.826. The zero-order valence-corrected chi connectivity index (χ0v) is 16.9. The Labute approximate surface area is 175 Å². The predicted molar refractivity (Wildman–Crippen MR) is 120 cm³/mol. The van der Waals surface area contributed by atoms with Crippen molar-refractivity contribution in [2.75, 3.05) is 0 Å². The van der Waals surface area contributed by atoms with Gasteiger partial charge in [-0.25, -0.2) is 0 Å². The molecule has 1 aliphatic rings. The summed E-state index contributed by atoms with van der Waals surface area (Å²) in [5.41, 5.74) is 7.95. The van der Waals surface area contributed by atoms with Gasteiger partial charge in [-0.3, -0.25) is 0 Å². The van der Waals surface area contributed by atoms with Gasteiger partial charge in [-0.05, 0) is 58.4 Å². The van der Waals surface area contributed by atoms with Crippen molar-refractivity contribution in [2.45, 2.75) is 22.6 Å². The maximum Gasteiger partial charge on any atom is 0.0548 e. The maximum absolute atomic E-state index is 6.66. The fourth-order valence-corrected chi connectivity index (χ4v) is 5.34. The average molecular weight is 399 g/mol. The van der Waals surface area contributed by atoms with Crippen molar-refractivity contribution in [3.05, 3.63) is 118 Å². The molecule has 0 saturated carbocycles. The lowest BCUT2D eigenvalue weighted by Gasteiger charge is -2.14. The van der Waals surface area contributed by atoms with E-state index >= 15 is 0 Å². The van der Waals surface area contributed by atoms with Gasteiger partial charge in [-0.15, -0.1) is 0 Å². The molecule has 28 heavy (non-hydrogen) atoms. The van der Waals surface area contributed by atoms with Gasteiger partial charge in [0.25, 0.3) is 0 Å². The molecule has 0 nitrogen and oxygen atoms in total. The number of hydrogen-bond donors (Lipinski definition) is 0. The molecule has 0 unspecified atom stereocenters. The molecule has 0 atom stereocenters. The summed E-state index contributed by atoms with van der Waals surface area (Å²) in [6.07, 6.45) is 1.78. The number of rotatable bonds is 0. The summed E-state index contributed by atoms with van der Waals surface area (Å²) in [7, 11) is 0. The van der Waals surface area contributed by atoms with Crippen LogP contribution < -0.4 is 0 Å². The molecule has 4 aromatic rings. The minimum atomic E-state index is 0.826. The molecular weight excluding hydrogens is 380 g/mol. The van der Waals surface area contributed by atoms with Crippen molar-refractivity contribution in [1.29, 1.82) is 0 Å². The van der Waals surface area contributed by atoms with Gasteiger partial charge >= 0.3 is 0 Å². The number of halogens is 1. The Hall–Kier alpha value is -2.48. The minimum absolute atomic E-state index is 0.826. The Morgan fingerprint density at radius 3 is 1.79 bits per heavy atom. The highest BCUT2D eigenvalue weighted by atomic mass is 35.5. The first-order valence-electron chi connectivity index (χ1n) is 9.49. The van der Waals surface area contributed by atoms with Crippen molar-refractivity contribution in [3.63, 3.8) is 0 Å². The van der Waals surface area contributed by atoms with Gasteiger partial charge in [0.2, 0.25) is 0 Å². The smallest absolute Gasteiger partial charge is 0.0548 e. The third-order valence-electron chi connectivity index (χ3n) is 5.32. The molecule has 0 saturated heterocycles. The molecule has 0 aromatic heterocycles. The quantitative estimate of drug-likeness (QED) is 0.258. The summed E-state index contributed by atoms with van der Waals surface area (Å²) in [5.74, 6) is 0. The molecule has 0 fully saturated rings. The van der Waals surface area contributed by atoms with Gasteiger partial charge in [0, 0.05) is 9.79 Å². The Bertz CT molecular complexity index is 1160. The van der Waals surface area contributed by atoms with E-state index in [4.69, 9.17) is 11.6 Å². The second kappa shape index (κ2) is 7.50. The molecule has 4 aromatic carbocycles. The molecule has 1 heterocycles. The summed E-state index contributed by atoms with van der Waals surface area (Å²) in [4.78, 5) is 2.44. The van der Waals surface area contributed by atoms with E-state index in [2.05, 4.69) is 84.9 Å². The maximum atomic E-state index is 6.66. The van der Waals surface area contributed by atoms with E-state index < -0.39 is 0 Å². The third kappa shape index (κ3) is 3.26. The normalized spacial score (nSPS) is 12.8. The van der Waals surface area contributed by atoms with E-state index in [9.17, 15) is 0 Å². The monoisotopic (exact) mass is 398 g/mol. The molecule has 0 bridgehead atoms. The number of benzene rings is 4. The van der Waals surface area contributed by atoms with Crippen LogP contribution in [-0.2, 0) is 12.8 Å². The summed E-state index contributed by atoms with van der Waals surface area (Å²) in [6, 6.07) is 32.5. The fraction of sp³-hybridized carbons (Fsp3) is 0.0769. The van der Waals surface area contributed by atoms with Crippen LogP contribution in [0.4, 0.5) is 0 Å². The Morgan fingerprint density at radius 2 is 1.07 bits per heavy atom. The number of fused-ring (bicyclic) bond motifs is 5. The largest absolute Gasteiger partial charge is 0.0879 e. The van der Waals surface area contributed by atoms with Gasteiger partial charge in [0.15, 0.2) is 0 Å². The van der Waals surface area contributed by atoms with E-state index in [1.54, 1.807) is 11.8 Å². The Morgan fingerprint density at radius 1 is 0.536 bits per heavy atom. The summed E-state index contributed by atoms with van der Waals surface area (Å²) in [6.45, 7) is 0. The van der Waals surface area contributed by atoms with Gasteiger partial charge in [0.05, 0.1) is 5.02 Å². The van der Waals surface area contributed by atoms with Crippen molar-refractivity contribution >= 4 is 23.4 Å². The second-order valence-corrected chi connectivity index (χ2v) is 8.57. The molecule has 2 heteroatoms. The minimum Gasteiger partial charge on any atom is -0.0879 e. The highest BCUT2D eigenvalue weighted by molar-refractivity contribution is 7.99. The topological polar surface area (TPSA) is 0 Å². The zero-order chi connectivity index (χ0) is 18.9. The average Bonchev–Trinajstić information content (AvgIpc) is 2.74. The Kier molecular flexibility index (Phi) is 4.72. The van der Waals surface area contributed by atoms with Crippen molar-refractivity contribution in [2.24, 2.45) is 0 Å². The van der Waals surface area contributed by atoms with Crippen LogP contribution in [0.3, 0.4) is 0 Å². The summed E-state index contributed by atoms with van der Waals surface area (Å²) < 4.78 is 0. The van der Waals surface area contributed by atoms with Crippen LogP contribution in [0, 0.1) is 0 Å². The van der Waals surface area contributed by atoms with Crippen LogP contribution in [0.5, 0.6) is 0 Å². The van der Waals surface area contributed by atoms with Crippen molar-refractivity contribution < 1.29 is 0 Å². The molecule has 0 aliphatic carbocycles. The van der Waals surface area contributed by atoms with Crippen LogP contribution in [-0.4, -0.2) is 0 Å². The first kappa shape index (κ1) is 17.6. The van der Waals surface area contributed by atoms with Crippen LogP contribution >= 0.6 is 23.4 Å². The first-order valence-corrected chi connectivity index (χ1v) is 10.7. The van der Waals surface area contributed by atoms with Gasteiger partial charge in [-0.1, -0.05) is 102 Å². The van der Waals surface area contributed by atoms with E-state index in [0.717, 1.165) is 22.8 Å². The van der Waals surface area contributed by atoms with Gasteiger partial charge in [0.1, 0.15) is 0 Å². The number of hydrogen-bond acceptors (Lipinski definition) is 1. The van der Waals surface area contributed by atoms with Crippen molar-refractivity contribution in [1.82, 2.24) is 0 Å². The first-order chi connectivity index (χ1) is 13.8. The fourth-order valence-electron chi connectivity index (χ4n) is 3.95. The van der Waals surface area contributed by atoms with Crippen LogP contribution in [0.15, 0.2) is 101 Å². The molecular formula is C26H19ClS. The molecule has 0 amide bonds. The zero-order valence-electron chi connectivity index (χ0n) is 15.4. The lowest BCUT2D eigenvalue weighted by atomic mass is 9.90. The molecule has 0 radical (unpaired) electrons. The molecule has 0 spiro atoms. The second-order valence-electron chi connectivity index (χ2n) is 7.11. The SMILES string of the molecule is Clc1cccc2c1Sc1ccccc1Cc1ccccc1-c1ccccc1C2. The molecule has 1 aliphatic heterocycles. The van der Waals surface area contributed by atoms with Crippen LogP contribution in [0.1, 0.15) is 22.3 Å². The standard InChI is InChI=1S/C26H19ClS/c27-24-14-7-11-21-17-19-9-2-5-13-23(19)22-12-4-1-8-18(22)16-20-10-3-6-15-25(20)28-26(21)24/h1-15H,16-17H2. The highest BCUT2D eigenvalue weighted by Crippen LogP contribution is 2.41.